The number of carbonyl (C=O) groups excluding carboxylic acids is 2. The molecule has 1 saturated heterocycles. The fraction of sp³-hybridized carbons (Fsp3) is 0.579. The number of rotatable bonds is 6. The van der Waals surface area contributed by atoms with Crippen molar-refractivity contribution < 1.29 is 9.59 Å². The van der Waals surface area contributed by atoms with Crippen molar-refractivity contribution in [1.82, 2.24) is 5.32 Å². The molecule has 1 unspecified atom stereocenters. The van der Waals surface area contributed by atoms with E-state index < -0.39 is 0 Å². The van der Waals surface area contributed by atoms with Gasteiger partial charge in [0.2, 0.25) is 0 Å². The summed E-state index contributed by atoms with van der Waals surface area (Å²) in [6.07, 6.45) is 2.67. The minimum atomic E-state index is -0.373. The second-order valence-electron chi connectivity index (χ2n) is 7.43. The van der Waals surface area contributed by atoms with Crippen LogP contribution in [-0.4, -0.2) is 31.9 Å². The Morgan fingerprint density at radius 2 is 2.00 bits per heavy atom. The van der Waals surface area contributed by atoms with E-state index in [1.165, 1.54) is 0 Å². The lowest BCUT2D eigenvalue weighted by atomic mass is 9.72. The van der Waals surface area contributed by atoms with Gasteiger partial charge in [-0.2, -0.15) is 0 Å². The van der Waals surface area contributed by atoms with Gasteiger partial charge in [0, 0.05) is 12.8 Å². The number of benzene rings is 1. The van der Waals surface area contributed by atoms with E-state index in [0.29, 0.717) is 6.42 Å². The lowest BCUT2D eigenvalue weighted by Gasteiger charge is -2.30. The third-order valence-corrected chi connectivity index (χ3v) is 4.67. The number of ketones is 1. The van der Waals surface area contributed by atoms with Crippen LogP contribution in [0.25, 0.3) is 0 Å². The van der Waals surface area contributed by atoms with E-state index in [2.05, 4.69) is 17.4 Å². The molecule has 0 aliphatic carbocycles. The van der Waals surface area contributed by atoms with Crippen LogP contribution < -0.4 is 5.32 Å². The van der Waals surface area contributed by atoms with Crippen LogP contribution >= 0.6 is 0 Å². The highest BCUT2D eigenvalue weighted by Crippen LogP contribution is 2.34. The molecule has 23 heavy (non-hydrogen) atoms. The molecule has 1 heterocycles. The van der Waals surface area contributed by atoms with Crippen LogP contribution in [0.1, 0.15) is 55.4 Å². The van der Waals surface area contributed by atoms with E-state index in [0.717, 1.165) is 41.6 Å². The summed E-state index contributed by atoms with van der Waals surface area (Å²) in [5.41, 5.74) is 3.70. The summed E-state index contributed by atoms with van der Waals surface area (Å²) < 4.78 is 0. The third-order valence-electron chi connectivity index (χ3n) is 4.67. The molecule has 1 atom stereocenters. The monoisotopic (exact) mass is 311 g/mol. The van der Waals surface area contributed by atoms with E-state index in [-0.39, 0.29) is 29.3 Å². The van der Waals surface area contributed by atoms with Gasteiger partial charge in [-0.1, -0.05) is 31.5 Å². The highest BCUT2D eigenvalue weighted by molar-refractivity contribution is 6.57. The lowest BCUT2D eigenvalue weighted by molar-refractivity contribution is -0.120. The van der Waals surface area contributed by atoms with E-state index in [1.54, 1.807) is 0 Å². The van der Waals surface area contributed by atoms with Gasteiger partial charge in [-0.25, -0.2) is 0 Å². The zero-order chi connectivity index (χ0) is 17.2. The maximum absolute atomic E-state index is 12.6. The fourth-order valence-corrected chi connectivity index (χ4v) is 3.96. The van der Waals surface area contributed by atoms with E-state index >= 15 is 0 Å². The minimum absolute atomic E-state index is 0.0251. The first kappa shape index (κ1) is 17.9. The summed E-state index contributed by atoms with van der Waals surface area (Å²) in [5, 5.41) is 3.27. The Morgan fingerprint density at radius 3 is 2.57 bits per heavy atom. The van der Waals surface area contributed by atoms with Crippen molar-refractivity contribution in [2.45, 2.75) is 64.8 Å². The molecule has 3 nitrogen and oxygen atoms in total. The van der Waals surface area contributed by atoms with Gasteiger partial charge in [0.15, 0.2) is 13.6 Å². The van der Waals surface area contributed by atoms with Crippen LogP contribution in [0.15, 0.2) is 12.1 Å². The molecule has 1 aliphatic rings. The molecular formula is C19H26BNO2. The number of Topliss-reactive ketones (excluding diaryl/α,β-unsaturated/α-hetero) is 1. The summed E-state index contributed by atoms with van der Waals surface area (Å²) in [4.78, 5) is 24.0. The maximum Gasteiger partial charge on any atom is 0.167 e. The van der Waals surface area contributed by atoms with Gasteiger partial charge in [-0.3, -0.25) is 4.79 Å². The molecule has 0 aromatic heterocycles. The van der Waals surface area contributed by atoms with E-state index in [9.17, 15) is 9.59 Å². The molecule has 2 rings (SSSR count). The van der Waals surface area contributed by atoms with E-state index in [4.69, 9.17) is 7.85 Å². The van der Waals surface area contributed by atoms with Crippen LogP contribution in [0.2, 0.25) is 0 Å². The van der Waals surface area contributed by atoms with Crippen molar-refractivity contribution in [3.8, 4) is 0 Å². The summed E-state index contributed by atoms with van der Waals surface area (Å²) >= 11 is 0. The average molecular weight is 311 g/mol. The highest BCUT2D eigenvalue weighted by atomic mass is 16.1. The van der Waals surface area contributed by atoms with Crippen LogP contribution in [0.4, 0.5) is 0 Å². The first-order chi connectivity index (χ1) is 10.7. The molecule has 4 heteroatoms. The molecular weight excluding hydrogens is 285 g/mol. The molecule has 1 aromatic carbocycles. The van der Waals surface area contributed by atoms with Crippen molar-refractivity contribution in [3.63, 3.8) is 0 Å². The Bertz CT molecular complexity index is 616. The van der Waals surface area contributed by atoms with Crippen LogP contribution in [0.3, 0.4) is 0 Å². The van der Waals surface area contributed by atoms with Gasteiger partial charge in [0.25, 0.3) is 0 Å². The van der Waals surface area contributed by atoms with Gasteiger partial charge < -0.3 is 10.1 Å². The summed E-state index contributed by atoms with van der Waals surface area (Å²) in [6.45, 7) is 9.06. The highest BCUT2D eigenvalue weighted by Gasteiger charge is 2.29. The van der Waals surface area contributed by atoms with Crippen LogP contribution in [0, 0.1) is 13.8 Å². The summed E-state index contributed by atoms with van der Waals surface area (Å²) in [7, 11) is 5.43. The Morgan fingerprint density at radius 1 is 1.30 bits per heavy atom. The van der Waals surface area contributed by atoms with Crippen molar-refractivity contribution in [1.29, 1.82) is 0 Å². The van der Waals surface area contributed by atoms with Gasteiger partial charge >= 0.3 is 0 Å². The number of nitrogens with one attached hydrogen (secondary N) is 1. The van der Waals surface area contributed by atoms with Crippen molar-refractivity contribution >= 4 is 19.3 Å². The molecule has 122 valence electrons. The topological polar surface area (TPSA) is 46.2 Å². The Labute approximate surface area is 140 Å². The standard InChI is InChI=1S/C19H26BNO2/c1-12-8-13(2)18(19(3,4)11-17(20)23)14(9-12)10-16(22)15-6-5-7-21-15/h8-9,15,21H,5-7,10-11H2,1-4H3. The molecule has 0 bridgehead atoms. The van der Waals surface area contributed by atoms with Crippen molar-refractivity contribution in [2.75, 3.05) is 6.54 Å². The Hall–Kier alpha value is -1.42. The Kier molecular flexibility index (Phi) is 5.46. The number of hydrogen-bond acceptors (Lipinski definition) is 3. The SMILES string of the molecule is [B]C(=O)CC(C)(C)c1c(C)cc(C)cc1CC(=O)C1CCCN1. The van der Waals surface area contributed by atoms with Crippen LogP contribution in [0.5, 0.6) is 0 Å². The average Bonchev–Trinajstić information content (AvgIpc) is 2.88. The first-order valence-electron chi connectivity index (χ1n) is 8.35. The van der Waals surface area contributed by atoms with E-state index in [1.807, 2.05) is 27.7 Å². The molecule has 2 radical (unpaired) electrons. The summed E-state index contributed by atoms with van der Waals surface area (Å²) in [5.74, 6) is 0.239. The molecule has 1 aromatic rings. The molecule has 0 amide bonds. The maximum atomic E-state index is 12.6. The zero-order valence-corrected chi connectivity index (χ0v) is 14.7. The zero-order valence-electron chi connectivity index (χ0n) is 14.7. The van der Waals surface area contributed by atoms with Gasteiger partial charge in [-0.05, 0) is 55.3 Å². The minimum Gasteiger partial charge on any atom is -0.313 e. The van der Waals surface area contributed by atoms with Crippen LogP contribution in [-0.2, 0) is 21.4 Å². The second kappa shape index (κ2) is 7.00. The van der Waals surface area contributed by atoms with Gasteiger partial charge in [-0.15, -0.1) is 0 Å². The smallest absolute Gasteiger partial charge is 0.167 e. The van der Waals surface area contributed by atoms with Crippen molar-refractivity contribution in [3.05, 3.63) is 34.4 Å². The summed E-state index contributed by atoms with van der Waals surface area (Å²) in [6, 6.07) is 4.17. The number of aryl methyl sites for hydroxylation is 2. The van der Waals surface area contributed by atoms with Crippen molar-refractivity contribution in [2.24, 2.45) is 0 Å². The second-order valence-corrected chi connectivity index (χ2v) is 7.43. The Balaban J connectivity index is 2.37. The predicted octanol–water partition coefficient (Wildman–Crippen LogP) is 2.53. The van der Waals surface area contributed by atoms with Gasteiger partial charge in [0.1, 0.15) is 0 Å². The third kappa shape index (κ3) is 4.32. The lowest BCUT2D eigenvalue weighted by Crippen LogP contribution is -2.33. The molecule has 0 spiro atoms. The first-order valence-corrected chi connectivity index (χ1v) is 8.35. The largest absolute Gasteiger partial charge is 0.313 e. The predicted molar refractivity (Wildman–Crippen MR) is 94.1 cm³/mol. The molecule has 1 aliphatic heterocycles. The molecule has 1 fully saturated rings. The molecule has 1 N–H and O–H groups in total. The number of hydrogen-bond donors (Lipinski definition) is 1. The fourth-order valence-electron chi connectivity index (χ4n) is 3.96. The number of carbonyl (C=O) groups is 2. The quantitative estimate of drug-likeness (QED) is 0.821. The van der Waals surface area contributed by atoms with Gasteiger partial charge in [0.05, 0.1) is 11.7 Å². The normalized spacial score (nSPS) is 18.2. The molecule has 0 saturated carbocycles.